The molecule has 2 N–H and O–H groups in total. The molecule has 1 saturated heterocycles. The van der Waals surface area contributed by atoms with Crippen LogP contribution in [0.5, 0.6) is 5.75 Å². The average molecular weight is 471 g/mol. The Labute approximate surface area is 193 Å². The molecule has 10 heteroatoms. The van der Waals surface area contributed by atoms with Crippen molar-refractivity contribution in [2.24, 2.45) is 5.92 Å². The number of para-hydroxylation sites is 2. The minimum absolute atomic E-state index is 0. The van der Waals surface area contributed by atoms with Crippen LogP contribution in [-0.2, 0) is 23.9 Å². The van der Waals surface area contributed by atoms with Gasteiger partial charge in [-0.05, 0) is 50.7 Å². The summed E-state index contributed by atoms with van der Waals surface area (Å²) in [4.78, 5) is 38.4. The Morgan fingerprint density at radius 1 is 1.28 bits per heavy atom. The molecule has 2 aliphatic rings. The van der Waals surface area contributed by atoms with Crippen molar-refractivity contribution in [1.82, 2.24) is 5.32 Å². The van der Waals surface area contributed by atoms with Crippen molar-refractivity contribution in [3.8, 4) is 5.75 Å². The highest BCUT2D eigenvalue weighted by Crippen LogP contribution is 2.31. The summed E-state index contributed by atoms with van der Waals surface area (Å²) in [7, 11) is 0. The van der Waals surface area contributed by atoms with Gasteiger partial charge >= 0.3 is 11.9 Å². The summed E-state index contributed by atoms with van der Waals surface area (Å²) in [5, 5.41) is 12.4. The van der Waals surface area contributed by atoms with E-state index in [1.807, 2.05) is 0 Å². The van der Waals surface area contributed by atoms with E-state index in [9.17, 15) is 19.5 Å². The number of halogens is 1. The maximum atomic E-state index is 13.2. The standard InChI is InChI=1S/C22H30N2O7.ClH/c1-2-30-22(28)16(8-7-15-9-11-29-12-10-15)23-17-14-31-19-6-4-3-5-18(19)24(21(17)27)13-20(25)26;/h3-6,15-17,23H,2,7-14H2,1H3,(H,25,26);1H/t16-,17?;/m0./s1. The lowest BCUT2D eigenvalue weighted by atomic mass is 9.92. The van der Waals surface area contributed by atoms with Crippen molar-refractivity contribution in [3.05, 3.63) is 24.3 Å². The molecule has 2 aliphatic heterocycles. The number of esters is 1. The van der Waals surface area contributed by atoms with Crippen LogP contribution < -0.4 is 15.0 Å². The van der Waals surface area contributed by atoms with E-state index in [1.165, 1.54) is 4.90 Å². The third-order valence-electron chi connectivity index (χ3n) is 5.60. The number of carboxylic acid groups (broad SMARTS) is 1. The van der Waals surface area contributed by atoms with Gasteiger partial charge in [0, 0.05) is 13.2 Å². The summed E-state index contributed by atoms with van der Waals surface area (Å²) < 4.78 is 16.4. The molecule has 0 saturated carbocycles. The molecule has 32 heavy (non-hydrogen) atoms. The summed E-state index contributed by atoms with van der Waals surface area (Å²) in [5.41, 5.74) is 0.397. The molecular weight excluding hydrogens is 440 g/mol. The van der Waals surface area contributed by atoms with E-state index in [4.69, 9.17) is 14.2 Å². The fraction of sp³-hybridized carbons (Fsp3) is 0.591. The van der Waals surface area contributed by atoms with E-state index < -0.39 is 36.5 Å². The van der Waals surface area contributed by atoms with Gasteiger partial charge in [0.25, 0.3) is 0 Å². The number of aliphatic carboxylic acids is 1. The van der Waals surface area contributed by atoms with Gasteiger partial charge in [-0.25, -0.2) is 0 Å². The number of carboxylic acids is 1. The molecule has 1 aromatic carbocycles. The maximum absolute atomic E-state index is 13.2. The zero-order valence-electron chi connectivity index (χ0n) is 18.2. The van der Waals surface area contributed by atoms with Crippen LogP contribution in [0.4, 0.5) is 5.69 Å². The molecule has 0 bridgehead atoms. The second-order valence-electron chi connectivity index (χ2n) is 7.75. The highest BCUT2D eigenvalue weighted by atomic mass is 35.5. The molecule has 2 heterocycles. The molecule has 9 nitrogen and oxygen atoms in total. The summed E-state index contributed by atoms with van der Waals surface area (Å²) >= 11 is 0. The number of nitrogens with zero attached hydrogens (tertiary/aromatic N) is 1. The number of fused-ring (bicyclic) bond motifs is 1. The maximum Gasteiger partial charge on any atom is 0.323 e. The molecule has 1 fully saturated rings. The molecule has 3 rings (SSSR count). The number of hydrogen-bond acceptors (Lipinski definition) is 7. The predicted molar refractivity (Wildman–Crippen MR) is 119 cm³/mol. The van der Waals surface area contributed by atoms with Crippen molar-refractivity contribution >= 4 is 35.9 Å². The lowest BCUT2D eigenvalue weighted by Crippen LogP contribution is -2.55. The quantitative estimate of drug-likeness (QED) is 0.527. The van der Waals surface area contributed by atoms with Gasteiger partial charge < -0.3 is 19.3 Å². The van der Waals surface area contributed by atoms with Gasteiger partial charge in [-0.1, -0.05) is 12.1 Å². The Morgan fingerprint density at radius 2 is 2.00 bits per heavy atom. The molecule has 0 radical (unpaired) electrons. The Bertz CT molecular complexity index is 785. The van der Waals surface area contributed by atoms with Crippen LogP contribution in [0.2, 0.25) is 0 Å². The van der Waals surface area contributed by atoms with Gasteiger partial charge in [-0.2, -0.15) is 0 Å². The van der Waals surface area contributed by atoms with Crippen molar-refractivity contribution in [3.63, 3.8) is 0 Å². The minimum atomic E-state index is -1.13. The van der Waals surface area contributed by atoms with Crippen LogP contribution >= 0.6 is 12.4 Å². The third kappa shape index (κ3) is 6.82. The number of hydrogen-bond donors (Lipinski definition) is 2. The molecule has 1 aromatic rings. The largest absolute Gasteiger partial charge is 0.489 e. The van der Waals surface area contributed by atoms with Gasteiger partial charge in [-0.15, -0.1) is 12.4 Å². The van der Waals surface area contributed by atoms with E-state index in [-0.39, 0.29) is 25.6 Å². The fourth-order valence-corrected chi connectivity index (χ4v) is 3.96. The summed E-state index contributed by atoms with van der Waals surface area (Å²) in [6.45, 7) is 2.90. The lowest BCUT2D eigenvalue weighted by molar-refractivity contribution is -0.146. The number of amides is 1. The van der Waals surface area contributed by atoms with Gasteiger partial charge in [0.1, 0.15) is 31.0 Å². The normalized spacial score (nSPS) is 19.7. The first kappa shape index (κ1) is 25.9. The Morgan fingerprint density at radius 3 is 2.69 bits per heavy atom. The number of anilines is 1. The number of carbonyl (C=O) groups is 3. The van der Waals surface area contributed by atoms with E-state index in [0.717, 1.165) is 32.5 Å². The molecule has 0 spiro atoms. The molecule has 178 valence electrons. The van der Waals surface area contributed by atoms with Crippen LogP contribution in [0, 0.1) is 5.92 Å². The monoisotopic (exact) mass is 470 g/mol. The Balaban J connectivity index is 0.00000363. The first-order valence-corrected chi connectivity index (χ1v) is 10.7. The molecule has 2 atom stereocenters. The zero-order chi connectivity index (χ0) is 22.2. The fourth-order valence-electron chi connectivity index (χ4n) is 3.96. The number of nitrogens with one attached hydrogen (secondary N) is 1. The van der Waals surface area contributed by atoms with Gasteiger partial charge in [0.2, 0.25) is 5.91 Å². The number of rotatable bonds is 9. The van der Waals surface area contributed by atoms with E-state index in [1.54, 1.807) is 31.2 Å². The second-order valence-corrected chi connectivity index (χ2v) is 7.75. The van der Waals surface area contributed by atoms with Gasteiger partial charge in [-0.3, -0.25) is 24.6 Å². The molecular formula is C22H31ClN2O7. The summed E-state index contributed by atoms with van der Waals surface area (Å²) in [5.74, 6) is -1.12. The number of carbonyl (C=O) groups excluding carboxylic acids is 2. The number of benzene rings is 1. The third-order valence-corrected chi connectivity index (χ3v) is 5.60. The SMILES string of the molecule is CCOC(=O)[C@H](CCC1CCOCC1)NC1COc2ccccc2N(CC(=O)O)C1=O.Cl. The van der Waals surface area contributed by atoms with E-state index in [2.05, 4.69) is 5.32 Å². The number of ether oxygens (including phenoxy) is 3. The lowest BCUT2D eigenvalue weighted by Gasteiger charge is -2.28. The van der Waals surface area contributed by atoms with Crippen LogP contribution in [0.3, 0.4) is 0 Å². The minimum Gasteiger partial charge on any atom is -0.489 e. The highest BCUT2D eigenvalue weighted by Gasteiger charge is 2.35. The van der Waals surface area contributed by atoms with Crippen LogP contribution in [0.15, 0.2) is 24.3 Å². The molecule has 1 amide bonds. The average Bonchev–Trinajstić information content (AvgIpc) is 2.89. The van der Waals surface area contributed by atoms with Crippen molar-refractivity contribution in [2.75, 3.05) is 37.9 Å². The molecule has 0 aromatic heterocycles. The predicted octanol–water partition coefficient (Wildman–Crippen LogP) is 2.02. The van der Waals surface area contributed by atoms with E-state index in [0.29, 0.717) is 23.8 Å². The summed E-state index contributed by atoms with van der Waals surface area (Å²) in [6.07, 6.45) is 3.21. The van der Waals surface area contributed by atoms with Crippen LogP contribution in [0.25, 0.3) is 0 Å². The second kappa shape index (κ2) is 12.6. The Hall–Kier alpha value is -2.36. The molecule has 1 unspecified atom stereocenters. The van der Waals surface area contributed by atoms with Crippen molar-refractivity contribution < 1.29 is 33.7 Å². The van der Waals surface area contributed by atoms with Gasteiger partial charge in [0.15, 0.2) is 0 Å². The Kier molecular flexibility index (Phi) is 10.2. The highest BCUT2D eigenvalue weighted by molar-refractivity contribution is 6.02. The van der Waals surface area contributed by atoms with Crippen molar-refractivity contribution in [2.45, 2.75) is 44.7 Å². The van der Waals surface area contributed by atoms with E-state index >= 15 is 0 Å². The zero-order valence-corrected chi connectivity index (χ0v) is 19.0. The van der Waals surface area contributed by atoms with Crippen LogP contribution in [0.1, 0.15) is 32.6 Å². The smallest absolute Gasteiger partial charge is 0.323 e. The molecule has 0 aliphatic carbocycles. The van der Waals surface area contributed by atoms with Crippen molar-refractivity contribution in [1.29, 1.82) is 0 Å². The van der Waals surface area contributed by atoms with Gasteiger partial charge in [0.05, 0.1) is 12.3 Å². The topological polar surface area (TPSA) is 114 Å². The summed E-state index contributed by atoms with van der Waals surface area (Å²) in [6, 6.07) is 5.24. The first-order chi connectivity index (χ1) is 15.0. The first-order valence-electron chi connectivity index (χ1n) is 10.7. The van der Waals surface area contributed by atoms with Crippen LogP contribution in [-0.4, -0.2) is 68.0 Å².